The summed E-state index contributed by atoms with van der Waals surface area (Å²) in [6.45, 7) is 0. The molecule has 17 heavy (non-hydrogen) atoms. The molecule has 0 aliphatic carbocycles. The van der Waals surface area contributed by atoms with Crippen molar-refractivity contribution in [3.05, 3.63) is 35.0 Å². The maximum absolute atomic E-state index is 13.1. The van der Waals surface area contributed by atoms with Crippen LogP contribution >= 0.6 is 11.5 Å². The second-order valence-electron chi connectivity index (χ2n) is 3.28. The van der Waals surface area contributed by atoms with E-state index in [1.54, 1.807) is 12.1 Å². The van der Waals surface area contributed by atoms with Gasteiger partial charge in [-0.3, -0.25) is 0 Å². The van der Waals surface area contributed by atoms with Gasteiger partial charge in [-0.15, -0.1) is 0 Å². The number of carbonyl (C=O) groups is 1. The number of methoxy groups -OCH3 is 1. The van der Waals surface area contributed by atoms with Crippen molar-refractivity contribution in [3.8, 4) is 11.3 Å². The van der Waals surface area contributed by atoms with Crippen molar-refractivity contribution in [1.29, 1.82) is 0 Å². The minimum atomic E-state index is -0.539. The lowest BCUT2D eigenvalue weighted by Crippen LogP contribution is -2.02. The zero-order chi connectivity index (χ0) is 12.4. The Hall–Kier alpha value is -1.95. The van der Waals surface area contributed by atoms with Gasteiger partial charge in [0.05, 0.1) is 12.8 Å². The normalized spacial score (nSPS) is 10.2. The fraction of sp³-hybridized carbons (Fsp3) is 0.0909. The topological polar surface area (TPSA) is 65.2 Å². The zero-order valence-corrected chi connectivity index (χ0v) is 9.75. The second-order valence-corrected chi connectivity index (χ2v) is 4.05. The molecule has 1 heterocycles. The number of aromatic nitrogens is 1. The van der Waals surface area contributed by atoms with Gasteiger partial charge < -0.3 is 10.5 Å². The van der Waals surface area contributed by atoms with Gasteiger partial charge in [0.25, 0.3) is 0 Å². The van der Waals surface area contributed by atoms with Crippen LogP contribution in [0.15, 0.2) is 24.3 Å². The van der Waals surface area contributed by atoms with E-state index in [0.29, 0.717) is 11.3 Å². The van der Waals surface area contributed by atoms with E-state index in [0.717, 1.165) is 11.5 Å². The lowest BCUT2D eigenvalue weighted by molar-refractivity contribution is 0.0607. The Morgan fingerprint density at radius 1 is 1.53 bits per heavy atom. The summed E-state index contributed by atoms with van der Waals surface area (Å²) in [7, 11) is 1.27. The zero-order valence-electron chi connectivity index (χ0n) is 8.94. The number of anilines is 1. The van der Waals surface area contributed by atoms with E-state index in [-0.39, 0.29) is 16.4 Å². The largest absolute Gasteiger partial charge is 0.465 e. The van der Waals surface area contributed by atoms with Gasteiger partial charge in [0, 0.05) is 5.56 Å². The summed E-state index contributed by atoms with van der Waals surface area (Å²) in [6.07, 6.45) is 0. The van der Waals surface area contributed by atoms with Gasteiger partial charge in [0.2, 0.25) is 0 Å². The molecule has 0 amide bonds. The Bertz CT molecular complexity index is 568. The fourth-order valence-corrected chi connectivity index (χ4v) is 2.12. The van der Waals surface area contributed by atoms with E-state index in [1.807, 2.05) is 0 Å². The lowest BCUT2D eigenvalue weighted by atomic mass is 10.1. The van der Waals surface area contributed by atoms with Crippen LogP contribution < -0.4 is 5.73 Å². The van der Waals surface area contributed by atoms with Crippen molar-refractivity contribution in [3.63, 3.8) is 0 Å². The summed E-state index contributed by atoms with van der Waals surface area (Å²) in [5.74, 6) is -0.919. The van der Waals surface area contributed by atoms with Crippen LogP contribution in [-0.4, -0.2) is 17.5 Å². The van der Waals surface area contributed by atoms with E-state index in [2.05, 4.69) is 9.11 Å². The first-order valence-electron chi connectivity index (χ1n) is 4.73. The fourth-order valence-electron chi connectivity index (χ4n) is 1.38. The molecule has 4 nitrogen and oxygen atoms in total. The Balaban J connectivity index is 2.48. The predicted molar refractivity (Wildman–Crippen MR) is 63.3 cm³/mol. The highest BCUT2D eigenvalue weighted by Gasteiger charge is 2.19. The maximum Gasteiger partial charge on any atom is 0.351 e. The first-order chi connectivity index (χ1) is 8.13. The number of nitrogen functional groups attached to an aromatic ring is 1. The van der Waals surface area contributed by atoms with Crippen LogP contribution in [0.3, 0.4) is 0 Å². The molecule has 1 aromatic heterocycles. The molecular formula is C11H9FN2O2S. The summed E-state index contributed by atoms with van der Waals surface area (Å²) >= 11 is 0.938. The average molecular weight is 252 g/mol. The molecule has 0 atom stereocenters. The number of hydrogen-bond acceptors (Lipinski definition) is 5. The third-order valence-electron chi connectivity index (χ3n) is 2.20. The van der Waals surface area contributed by atoms with Crippen LogP contribution in [0.25, 0.3) is 11.3 Å². The minimum Gasteiger partial charge on any atom is -0.465 e. The molecule has 0 saturated heterocycles. The Labute approximate surface area is 101 Å². The van der Waals surface area contributed by atoms with Crippen molar-refractivity contribution < 1.29 is 13.9 Å². The molecule has 1 aromatic carbocycles. The van der Waals surface area contributed by atoms with Crippen LogP contribution in [0.2, 0.25) is 0 Å². The van der Waals surface area contributed by atoms with Crippen LogP contribution in [0.1, 0.15) is 9.67 Å². The Kier molecular flexibility index (Phi) is 3.06. The van der Waals surface area contributed by atoms with Crippen molar-refractivity contribution in [2.45, 2.75) is 0 Å². The molecule has 0 spiro atoms. The van der Waals surface area contributed by atoms with Crippen LogP contribution in [0, 0.1) is 5.82 Å². The van der Waals surface area contributed by atoms with Crippen molar-refractivity contribution in [1.82, 2.24) is 4.37 Å². The molecule has 0 unspecified atom stereocenters. The lowest BCUT2D eigenvalue weighted by Gasteiger charge is -2.00. The van der Waals surface area contributed by atoms with Gasteiger partial charge in [0.15, 0.2) is 4.88 Å². The monoisotopic (exact) mass is 252 g/mol. The number of rotatable bonds is 2. The van der Waals surface area contributed by atoms with E-state index < -0.39 is 5.97 Å². The summed E-state index contributed by atoms with van der Waals surface area (Å²) in [5, 5.41) is 0. The van der Waals surface area contributed by atoms with E-state index in [4.69, 9.17) is 5.73 Å². The molecule has 2 aromatic rings. The van der Waals surface area contributed by atoms with Crippen molar-refractivity contribution in [2.24, 2.45) is 0 Å². The quantitative estimate of drug-likeness (QED) is 0.833. The molecule has 0 aliphatic heterocycles. The van der Waals surface area contributed by atoms with Crippen molar-refractivity contribution >= 4 is 23.2 Å². The van der Waals surface area contributed by atoms with E-state index in [9.17, 15) is 9.18 Å². The van der Waals surface area contributed by atoms with Gasteiger partial charge in [-0.05, 0) is 23.7 Å². The molecule has 2 rings (SSSR count). The van der Waals surface area contributed by atoms with Crippen LogP contribution in [0.4, 0.5) is 10.1 Å². The van der Waals surface area contributed by atoms with Gasteiger partial charge in [-0.2, -0.15) is 4.37 Å². The Morgan fingerprint density at radius 3 is 2.94 bits per heavy atom. The highest BCUT2D eigenvalue weighted by atomic mass is 32.1. The number of benzene rings is 1. The summed E-state index contributed by atoms with van der Waals surface area (Å²) in [4.78, 5) is 11.6. The van der Waals surface area contributed by atoms with Crippen LogP contribution in [0.5, 0.6) is 0 Å². The number of nitrogens with two attached hydrogens (primary N) is 1. The molecular weight excluding hydrogens is 243 g/mol. The first kappa shape index (κ1) is 11.5. The number of ether oxygens (including phenoxy) is 1. The number of esters is 1. The van der Waals surface area contributed by atoms with Gasteiger partial charge >= 0.3 is 5.97 Å². The third kappa shape index (κ3) is 2.12. The molecule has 0 aliphatic rings. The number of halogens is 1. The summed E-state index contributed by atoms with van der Waals surface area (Å²) < 4.78 is 21.7. The standard InChI is InChI=1S/C11H9FN2O2S/c1-16-11(15)10-8(13)9(14-17-10)6-3-2-4-7(12)5-6/h2-5H,13H2,1H3. The summed E-state index contributed by atoms with van der Waals surface area (Å²) in [6, 6.07) is 5.87. The predicted octanol–water partition coefficient (Wildman–Crippen LogP) is 2.32. The number of carbonyl (C=O) groups excluding carboxylic acids is 1. The summed E-state index contributed by atoms with van der Waals surface area (Å²) in [5.41, 5.74) is 6.94. The molecule has 88 valence electrons. The van der Waals surface area contributed by atoms with Gasteiger partial charge in [-0.1, -0.05) is 12.1 Å². The highest BCUT2D eigenvalue weighted by Crippen LogP contribution is 2.31. The van der Waals surface area contributed by atoms with Crippen LogP contribution in [-0.2, 0) is 4.74 Å². The van der Waals surface area contributed by atoms with Gasteiger partial charge in [-0.25, -0.2) is 9.18 Å². The SMILES string of the molecule is COC(=O)c1snc(-c2cccc(F)c2)c1N. The maximum atomic E-state index is 13.1. The molecule has 6 heteroatoms. The molecule has 0 radical (unpaired) electrons. The van der Waals surface area contributed by atoms with Crippen molar-refractivity contribution in [2.75, 3.05) is 12.8 Å². The number of nitrogens with zero attached hydrogens (tertiary/aromatic N) is 1. The Morgan fingerprint density at radius 2 is 2.29 bits per heavy atom. The molecule has 2 N–H and O–H groups in total. The van der Waals surface area contributed by atoms with Gasteiger partial charge in [0.1, 0.15) is 11.5 Å². The first-order valence-corrected chi connectivity index (χ1v) is 5.50. The average Bonchev–Trinajstić information content (AvgIpc) is 2.70. The second kappa shape index (κ2) is 4.50. The smallest absolute Gasteiger partial charge is 0.351 e. The third-order valence-corrected chi connectivity index (χ3v) is 3.04. The molecule has 0 bridgehead atoms. The number of hydrogen-bond donors (Lipinski definition) is 1. The minimum absolute atomic E-state index is 0.215. The molecule has 0 fully saturated rings. The van der Waals surface area contributed by atoms with E-state index in [1.165, 1.54) is 19.2 Å². The van der Waals surface area contributed by atoms with E-state index >= 15 is 0 Å². The highest BCUT2D eigenvalue weighted by molar-refractivity contribution is 7.09. The molecule has 0 saturated carbocycles.